The average molecular weight is 310 g/mol. The fraction of sp³-hybridized carbons (Fsp3) is 0.941. The van der Waals surface area contributed by atoms with Gasteiger partial charge in [-0.3, -0.25) is 9.69 Å². The molecule has 22 heavy (non-hydrogen) atoms. The molecule has 1 amide bonds. The molecule has 0 aliphatic carbocycles. The zero-order valence-corrected chi connectivity index (χ0v) is 15.1. The molecule has 0 aromatic rings. The molecule has 0 aromatic carbocycles. The van der Waals surface area contributed by atoms with Gasteiger partial charge in [0.25, 0.3) is 0 Å². The van der Waals surface area contributed by atoms with Crippen molar-refractivity contribution in [2.75, 3.05) is 67.0 Å². The van der Waals surface area contributed by atoms with Crippen LogP contribution in [0, 0.1) is 5.92 Å². The Hall–Kier alpha value is -0.650. The maximum absolute atomic E-state index is 12.5. The highest BCUT2D eigenvalue weighted by Gasteiger charge is 2.39. The number of hydrogen-bond acceptors (Lipinski definition) is 4. The molecule has 5 nitrogen and oxygen atoms in total. The first kappa shape index (κ1) is 17.7. The van der Waals surface area contributed by atoms with Gasteiger partial charge in [-0.2, -0.15) is 0 Å². The predicted octanol–water partition coefficient (Wildman–Crippen LogP) is 0.813. The molecule has 2 saturated heterocycles. The third-order valence-corrected chi connectivity index (χ3v) is 5.89. The predicted molar refractivity (Wildman–Crippen MR) is 91.0 cm³/mol. The van der Waals surface area contributed by atoms with E-state index in [0.717, 1.165) is 45.7 Å². The largest absolute Gasteiger partial charge is 0.344 e. The molecular weight excluding hydrogens is 276 g/mol. The summed E-state index contributed by atoms with van der Waals surface area (Å²) in [6.45, 7) is 11.5. The molecule has 128 valence electrons. The first-order valence-electron chi connectivity index (χ1n) is 8.67. The van der Waals surface area contributed by atoms with E-state index in [9.17, 15) is 4.79 Å². The van der Waals surface area contributed by atoms with Gasteiger partial charge in [0.2, 0.25) is 5.91 Å². The first-order chi connectivity index (χ1) is 10.3. The highest BCUT2D eigenvalue weighted by atomic mass is 16.2. The molecular formula is C17H34N4O. The number of nitrogens with zero attached hydrogens (tertiary/aromatic N) is 4. The number of amides is 1. The molecule has 2 aliphatic rings. The zero-order valence-electron chi connectivity index (χ0n) is 15.1. The van der Waals surface area contributed by atoms with Gasteiger partial charge in [0.05, 0.1) is 6.54 Å². The molecule has 2 rings (SSSR count). The van der Waals surface area contributed by atoms with Gasteiger partial charge in [0, 0.05) is 32.2 Å². The molecule has 0 bridgehead atoms. The molecule has 0 spiro atoms. The Morgan fingerprint density at radius 2 is 1.86 bits per heavy atom. The van der Waals surface area contributed by atoms with Crippen molar-refractivity contribution in [3.8, 4) is 0 Å². The van der Waals surface area contributed by atoms with E-state index in [1.54, 1.807) is 0 Å². The van der Waals surface area contributed by atoms with Gasteiger partial charge >= 0.3 is 0 Å². The minimum Gasteiger partial charge on any atom is -0.344 e. The Morgan fingerprint density at radius 1 is 1.14 bits per heavy atom. The van der Waals surface area contributed by atoms with Crippen LogP contribution in [0.15, 0.2) is 0 Å². The Balaban J connectivity index is 1.82. The van der Waals surface area contributed by atoms with Gasteiger partial charge in [-0.1, -0.05) is 0 Å². The minimum absolute atomic E-state index is 0.194. The van der Waals surface area contributed by atoms with Crippen molar-refractivity contribution in [1.82, 2.24) is 19.6 Å². The van der Waals surface area contributed by atoms with E-state index in [1.165, 1.54) is 6.42 Å². The van der Waals surface area contributed by atoms with Crippen LogP contribution in [0.25, 0.3) is 0 Å². The van der Waals surface area contributed by atoms with E-state index >= 15 is 0 Å². The molecule has 2 heterocycles. The van der Waals surface area contributed by atoms with E-state index in [-0.39, 0.29) is 11.4 Å². The quantitative estimate of drug-likeness (QED) is 0.769. The summed E-state index contributed by atoms with van der Waals surface area (Å²) in [5, 5.41) is 0. The van der Waals surface area contributed by atoms with E-state index in [1.807, 2.05) is 11.9 Å². The normalized spacial score (nSPS) is 27.8. The van der Waals surface area contributed by atoms with Crippen LogP contribution in [0.1, 0.15) is 26.7 Å². The number of likely N-dealkylation sites (N-methyl/N-ethyl adjacent to an activating group) is 2. The topological polar surface area (TPSA) is 30.0 Å². The maximum Gasteiger partial charge on any atom is 0.236 e. The first-order valence-corrected chi connectivity index (χ1v) is 8.67. The lowest BCUT2D eigenvalue weighted by Gasteiger charge is -2.36. The number of hydrogen-bond donors (Lipinski definition) is 0. The second-order valence-corrected chi connectivity index (χ2v) is 7.77. The number of carbonyl (C=O) groups is 1. The Kier molecular flexibility index (Phi) is 5.86. The lowest BCUT2D eigenvalue weighted by atomic mass is 9.88. The standard InChI is InChI=1S/C17H34N4O/c1-17(2)15(7-10-20(17)5)13-19(4)16(22)14-21-9-6-8-18(3)11-12-21/h15H,6-14H2,1-5H3. The lowest BCUT2D eigenvalue weighted by Crippen LogP contribution is -2.46. The van der Waals surface area contributed by atoms with E-state index in [2.05, 4.69) is 42.6 Å². The van der Waals surface area contributed by atoms with Crippen LogP contribution >= 0.6 is 0 Å². The number of carbonyl (C=O) groups excluding carboxylic acids is 1. The third-order valence-electron chi connectivity index (χ3n) is 5.89. The Labute approximate surface area is 136 Å². The highest BCUT2D eigenvalue weighted by molar-refractivity contribution is 5.78. The van der Waals surface area contributed by atoms with Gasteiger partial charge in [0.15, 0.2) is 0 Å². The second-order valence-electron chi connectivity index (χ2n) is 7.77. The third kappa shape index (κ3) is 4.21. The van der Waals surface area contributed by atoms with Crippen LogP contribution in [-0.2, 0) is 4.79 Å². The highest BCUT2D eigenvalue weighted by Crippen LogP contribution is 2.33. The number of rotatable bonds is 4. The number of likely N-dealkylation sites (tertiary alicyclic amines) is 1. The summed E-state index contributed by atoms with van der Waals surface area (Å²) in [6, 6.07) is 0. The molecule has 0 aromatic heterocycles. The zero-order chi connectivity index (χ0) is 16.3. The van der Waals surface area contributed by atoms with Gasteiger partial charge in [-0.15, -0.1) is 0 Å². The molecule has 1 atom stereocenters. The van der Waals surface area contributed by atoms with Crippen molar-refractivity contribution in [1.29, 1.82) is 0 Å². The van der Waals surface area contributed by atoms with Crippen LogP contribution in [-0.4, -0.2) is 98.0 Å². The van der Waals surface area contributed by atoms with Gasteiger partial charge < -0.3 is 14.7 Å². The summed E-state index contributed by atoms with van der Waals surface area (Å²) in [4.78, 5) is 21.6. The van der Waals surface area contributed by atoms with Crippen LogP contribution in [0.3, 0.4) is 0 Å². The van der Waals surface area contributed by atoms with Crippen molar-refractivity contribution in [3.05, 3.63) is 0 Å². The van der Waals surface area contributed by atoms with Crippen molar-refractivity contribution in [2.24, 2.45) is 5.92 Å². The van der Waals surface area contributed by atoms with Crippen molar-refractivity contribution in [3.63, 3.8) is 0 Å². The monoisotopic (exact) mass is 310 g/mol. The SMILES string of the molecule is CN1CCCN(CC(=O)N(C)CC2CCN(C)C2(C)C)CC1. The molecule has 0 radical (unpaired) electrons. The van der Waals surface area contributed by atoms with Crippen LogP contribution < -0.4 is 0 Å². The van der Waals surface area contributed by atoms with Gasteiger partial charge in [0.1, 0.15) is 0 Å². The molecule has 2 fully saturated rings. The maximum atomic E-state index is 12.5. The second kappa shape index (κ2) is 7.28. The summed E-state index contributed by atoms with van der Waals surface area (Å²) in [5.41, 5.74) is 0.194. The minimum atomic E-state index is 0.194. The molecule has 5 heteroatoms. The fourth-order valence-corrected chi connectivity index (χ4v) is 3.62. The van der Waals surface area contributed by atoms with Crippen LogP contribution in [0.2, 0.25) is 0 Å². The van der Waals surface area contributed by atoms with Crippen molar-refractivity contribution < 1.29 is 4.79 Å². The Bertz CT molecular complexity index is 385. The summed E-state index contributed by atoms with van der Waals surface area (Å²) in [5.74, 6) is 0.844. The van der Waals surface area contributed by atoms with Crippen LogP contribution in [0.5, 0.6) is 0 Å². The summed E-state index contributed by atoms with van der Waals surface area (Å²) in [7, 11) is 6.33. The van der Waals surface area contributed by atoms with E-state index in [0.29, 0.717) is 12.5 Å². The summed E-state index contributed by atoms with van der Waals surface area (Å²) < 4.78 is 0. The Morgan fingerprint density at radius 3 is 2.50 bits per heavy atom. The van der Waals surface area contributed by atoms with E-state index in [4.69, 9.17) is 0 Å². The van der Waals surface area contributed by atoms with Gasteiger partial charge in [-0.25, -0.2) is 0 Å². The fourth-order valence-electron chi connectivity index (χ4n) is 3.62. The van der Waals surface area contributed by atoms with Gasteiger partial charge in [-0.05, 0) is 66.3 Å². The summed E-state index contributed by atoms with van der Waals surface area (Å²) >= 11 is 0. The van der Waals surface area contributed by atoms with Crippen molar-refractivity contribution >= 4 is 5.91 Å². The smallest absolute Gasteiger partial charge is 0.236 e. The molecule has 1 unspecified atom stereocenters. The average Bonchev–Trinajstić information content (AvgIpc) is 2.63. The van der Waals surface area contributed by atoms with E-state index < -0.39 is 0 Å². The molecule has 0 saturated carbocycles. The molecule has 2 aliphatic heterocycles. The summed E-state index contributed by atoms with van der Waals surface area (Å²) in [6.07, 6.45) is 2.35. The van der Waals surface area contributed by atoms with Crippen molar-refractivity contribution in [2.45, 2.75) is 32.2 Å². The lowest BCUT2D eigenvalue weighted by molar-refractivity contribution is -0.132. The van der Waals surface area contributed by atoms with Crippen LogP contribution in [0.4, 0.5) is 0 Å². The molecule has 0 N–H and O–H groups in total.